The summed E-state index contributed by atoms with van der Waals surface area (Å²) in [5.41, 5.74) is 22.1. The zero-order chi connectivity index (χ0) is 29.8. The molecule has 212 valence electrons. The fourth-order valence-electron chi connectivity index (χ4n) is 5.36. The summed E-state index contributed by atoms with van der Waals surface area (Å²) in [4.78, 5) is 0. The van der Waals surface area contributed by atoms with Crippen molar-refractivity contribution in [3.05, 3.63) is 156 Å². The SMILES string of the molecule is Cc1cc(-c2ccccc2)cc(Cc2cc(-c3ccccc3)cc(C)c2Oc2ccc(N)cc2)c1Oc1ccc(N)cc1. The minimum Gasteiger partial charge on any atom is -0.457 e. The van der Waals surface area contributed by atoms with Gasteiger partial charge < -0.3 is 20.9 Å². The van der Waals surface area contributed by atoms with Gasteiger partial charge in [0.15, 0.2) is 0 Å². The average molecular weight is 563 g/mol. The summed E-state index contributed by atoms with van der Waals surface area (Å²) >= 11 is 0. The first-order valence-corrected chi connectivity index (χ1v) is 14.4. The van der Waals surface area contributed by atoms with Crippen molar-refractivity contribution in [3.63, 3.8) is 0 Å². The van der Waals surface area contributed by atoms with E-state index in [2.05, 4.69) is 86.6 Å². The van der Waals surface area contributed by atoms with Gasteiger partial charge in [-0.15, -0.1) is 0 Å². The van der Waals surface area contributed by atoms with Crippen LogP contribution in [0.25, 0.3) is 22.3 Å². The van der Waals surface area contributed by atoms with E-state index >= 15 is 0 Å². The molecule has 0 heterocycles. The molecule has 0 saturated carbocycles. The second-order valence-corrected chi connectivity index (χ2v) is 10.8. The molecular weight excluding hydrogens is 528 g/mol. The van der Waals surface area contributed by atoms with E-state index in [0.29, 0.717) is 17.8 Å². The average Bonchev–Trinajstić information content (AvgIpc) is 3.03. The van der Waals surface area contributed by atoms with Gasteiger partial charge in [-0.25, -0.2) is 0 Å². The van der Waals surface area contributed by atoms with Crippen molar-refractivity contribution < 1.29 is 9.47 Å². The van der Waals surface area contributed by atoms with Gasteiger partial charge in [-0.05, 0) is 120 Å². The zero-order valence-corrected chi connectivity index (χ0v) is 24.4. The predicted octanol–water partition coefficient (Wildman–Crippen LogP) is 9.98. The van der Waals surface area contributed by atoms with Crippen molar-refractivity contribution in [1.82, 2.24) is 0 Å². The Kier molecular flexibility index (Phi) is 7.84. The van der Waals surface area contributed by atoms with E-state index in [0.717, 1.165) is 67.5 Å². The van der Waals surface area contributed by atoms with Crippen LogP contribution in [0, 0.1) is 13.8 Å². The quantitative estimate of drug-likeness (QED) is 0.181. The normalized spacial score (nSPS) is 10.8. The first-order chi connectivity index (χ1) is 20.9. The molecule has 0 bridgehead atoms. The van der Waals surface area contributed by atoms with Gasteiger partial charge in [0, 0.05) is 28.9 Å². The lowest BCUT2D eigenvalue weighted by Gasteiger charge is -2.20. The van der Waals surface area contributed by atoms with Gasteiger partial charge in [0.05, 0.1) is 0 Å². The van der Waals surface area contributed by atoms with Crippen LogP contribution >= 0.6 is 0 Å². The van der Waals surface area contributed by atoms with Gasteiger partial charge in [-0.1, -0.05) is 60.7 Å². The Bertz CT molecular complexity index is 1710. The second kappa shape index (κ2) is 12.2. The summed E-state index contributed by atoms with van der Waals surface area (Å²) in [7, 11) is 0. The molecule has 0 radical (unpaired) electrons. The summed E-state index contributed by atoms with van der Waals surface area (Å²) in [5.74, 6) is 3.12. The van der Waals surface area contributed by atoms with Crippen molar-refractivity contribution in [3.8, 4) is 45.3 Å². The van der Waals surface area contributed by atoms with Crippen LogP contribution < -0.4 is 20.9 Å². The van der Waals surface area contributed by atoms with Crippen molar-refractivity contribution in [1.29, 1.82) is 0 Å². The third kappa shape index (κ3) is 6.39. The third-order valence-electron chi connectivity index (χ3n) is 7.50. The first kappa shape index (κ1) is 27.7. The van der Waals surface area contributed by atoms with Crippen LogP contribution in [0.4, 0.5) is 11.4 Å². The summed E-state index contributed by atoms with van der Waals surface area (Å²) in [6.45, 7) is 4.19. The topological polar surface area (TPSA) is 70.5 Å². The highest BCUT2D eigenvalue weighted by atomic mass is 16.5. The van der Waals surface area contributed by atoms with Crippen molar-refractivity contribution >= 4 is 11.4 Å². The van der Waals surface area contributed by atoms with E-state index < -0.39 is 0 Å². The minimum atomic E-state index is 0.595. The monoisotopic (exact) mass is 562 g/mol. The maximum Gasteiger partial charge on any atom is 0.133 e. The molecule has 6 aromatic carbocycles. The standard InChI is InChI=1S/C39H34N2O2/c1-26-21-30(28-9-5-3-6-10-28)23-32(38(26)42-36-17-13-34(40)14-18-36)25-33-24-31(29-11-7-4-8-12-29)22-27(2)39(33)43-37-19-15-35(41)16-20-37/h3-24H,25,40-41H2,1-2H3. The maximum atomic E-state index is 6.56. The maximum absolute atomic E-state index is 6.56. The van der Waals surface area contributed by atoms with E-state index in [1.54, 1.807) is 0 Å². The van der Waals surface area contributed by atoms with E-state index in [4.69, 9.17) is 20.9 Å². The molecular formula is C39H34N2O2. The lowest BCUT2D eigenvalue weighted by molar-refractivity contribution is 0.467. The molecule has 0 atom stereocenters. The van der Waals surface area contributed by atoms with E-state index in [9.17, 15) is 0 Å². The lowest BCUT2D eigenvalue weighted by Crippen LogP contribution is -2.01. The minimum absolute atomic E-state index is 0.595. The fraction of sp³-hybridized carbons (Fsp3) is 0.0769. The van der Waals surface area contributed by atoms with Crippen molar-refractivity contribution in [2.75, 3.05) is 11.5 Å². The van der Waals surface area contributed by atoms with Crippen LogP contribution in [0.15, 0.2) is 133 Å². The van der Waals surface area contributed by atoms with Gasteiger partial charge in [0.25, 0.3) is 0 Å². The first-order valence-electron chi connectivity index (χ1n) is 14.4. The summed E-state index contributed by atoms with van der Waals surface area (Å²) in [5, 5.41) is 0. The molecule has 0 spiro atoms. The fourth-order valence-corrected chi connectivity index (χ4v) is 5.36. The van der Waals surface area contributed by atoms with E-state index in [-0.39, 0.29) is 0 Å². The molecule has 4 nitrogen and oxygen atoms in total. The molecule has 0 unspecified atom stereocenters. The molecule has 0 saturated heterocycles. The number of anilines is 2. The van der Waals surface area contributed by atoms with E-state index in [1.807, 2.05) is 60.7 Å². The molecule has 0 amide bonds. The Morgan fingerprint density at radius 1 is 0.442 bits per heavy atom. The van der Waals surface area contributed by atoms with Crippen LogP contribution in [0.3, 0.4) is 0 Å². The Morgan fingerprint density at radius 2 is 0.814 bits per heavy atom. The predicted molar refractivity (Wildman–Crippen MR) is 178 cm³/mol. The number of hydrogen-bond donors (Lipinski definition) is 2. The number of ether oxygens (including phenoxy) is 2. The number of benzene rings is 6. The second-order valence-electron chi connectivity index (χ2n) is 10.8. The molecule has 0 fully saturated rings. The summed E-state index contributed by atoms with van der Waals surface area (Å²) < 4.78 is 13.1. The molecule has 0 aliphatic heterocycles. The van der Waals surface area contributed by atoms with Gasteiger partial charge in [0.1, 0.15) is 23.0 Å². The van der Waals surface area contributed by atoms with E-state index in [1.165, 1.54) is 0 Å². The molecule has 43 heavy (non-hydrogen) atoms. The Hall–Kier alpha value is -5.48. The van der Waals surface area contributed by atoms with Gasteiger partial charge in [-0.3, -0.25) is 0 Å². The highest BCUT2D eigenvalue weighted by molar-refractivity contribution is 5.71. The zero-order valence-electron chi connectivity index (χ0n) is 24.4. The van der Waals surface area contributed by atoms with Gasteiger partial charge in [-0.2, -0.15) is 0 Å². The number of nitrogen functional groups attached to an aromatic ring is 2. The van der Waals surface area contributed by atoms with Gasteiger partial charge >= 0.3 is 0 Å². The number of rotatable bonds is 8. The number of aryl methyl sites for hydroxylation is 2. The summed E-state index contributed by atoms with van der Waals surface area (Å²) in [6, 6.07) is 44.7. The third-order valence-corrected chi connectivity index (χ3v) is 7.50. The number of nitrogens with two attached hydrogens (primary N) is 2. The Balaban J connectivity index is 1.50. The summed E-state index contributed by atoms with van der Waals surface area (Å²) in [6.07, 6.45) is 0.595. The Morgan fingerprint density at radius 3 is 1.19 bits per heavy atom. The number of hydrogen-bond acceptors (Lipinski definition) is 4. The molecule has 0 aliphatic carbocycles. The Labute approximate surface area is 253 Å². The molecule has 4 N–H and O–H groups in total. The van der Waals surface area contributed by atoms with Crippen LogP contribution in [0.2, 0.25) is 0 Å². The van der Waals surface area contributed by atoms with Crippen LogP contribution in [0.5, 0.6) is 23.0 Å². The van der Waals surface area contributed by atoms with Crippen molar-refractivity contribution in [2.24, 2.45) is 0 Å². The smallest absolute Gasteiger partial charge is 0.133 e. The highest BCUT2D eigenvalue weighted by Gasteiger charge is 2.18. The highest BCUT2D eigenvalue weighted by Crippen LogP contribution is 2.40. The van der Waals surface area contributed by atoms with Crippen molar-refractivity contribution in [2.45, 2.75) is 20.3 Å². The molecule has 6 aromatic rings. The van der Waals surface area contributed by atoms with Crippen LogP contribution in [0.1, 0.15) is 22.3 Å². The van der Waals surface area contributed by atoms with Gasteiger partial charge in [0.2, 0.25) is 0 Å². The molecule has 6 rings (SSSR count). The lowest BCUT2D eigenvalue weighted by atomic mass is 9.92. The molecule has 4 heteroatoms. The molecule has 0 aromatic heterocycles. The molecule has 0 aliphatic rings. The van der Waals surface area contributed by atoms with Crippen LogP contribution in [-0.2, 0) is 6.42 Å². The largest absolute Gasteiger partial charge is 0.457 e. The van der Waals surface area contributed by atoms with Crippen LogP contribution in [-0.4, -0.2) is 0 Å².